The van der Waals surface area contributed by atoms with E-state index in [1.54, 1.807) is 6.07 Å². The quantitative estimate of drug-likeness (QED) is 0.819. The maximum absolute atomic E-state index is 13.2. The third kappa shape index (κ3) is 2.34. The summed E-state index contributed by atoms with van der Waals surface area (Å²) in [7, 11) is 0. The topological polar surface area (TPSA) is 26.0 Å². The predicted molar refractivity (Wildman–Crippen MR) is 60.5 cm³/mol. The molecule has 1 aromatic carbocycles. The van der Waals surface area contributed by atoms with E-state index >= 15 is 0 Å². The molecule has 78 valence electrons. The molecule has 1 atom stereocenters. The zero-order chi connectivity index (χ0) is 10.9. The molecule has 3 heteroatoms. The molecule has 0 aliphatic heterocycles. The van der Waals surface area contributed by atoms with Gasteiger partial charge >= 0.3 is 0 Å². The summed E-state index contributed by atoms with van der Waals surface area (Å²) < 4.78 is 13.7. The lowest BCUT2D eigenvalue weighted by molar-refractivity contribution is 0.325. The largest absolute Gasteiger partial charge is 0.323 e. The highest BCUT2D eigenvalue weighted by molar-refractivity contribution is 9.10. The fraction of sp³-hybridized carbons (Fsp3) is 0.455. The molecule has 0 heterocycles. The highest BCUT2D eigenvalue weighted by Crippen LogP contribution is 2.35. The standard InChI is InChI=1S/C11H15BrFN/c1-11(2,3)10(14)7-5-4-6-8(13)9(7)12/h4-6,10H,14H2,1-3H3. The van der Waals surface area contributed by atoms with E-state index in [-0.39, 0.29) is 17.3 Å². The van der Waals surface area contributed by atoms with Crippen molar-refractivity contribution in [3.8, 4) is 0 Å². The van der Waals surface area contributed by atoms with Crippen LogP contribution in [0.3, 0.4) is 0 Å². The molecule has 0 saturated carbocycles. The van der Waals surface area contributed by atoms with Crippen LogP contribution in [0.5, 0.6) is 0 Å². The van der Waals surface area contributed by atoms with Crippen LogP contribution in [0.25, 0.3) is 0 Å². The average molecular weight is 260 g/mol. The Morgan fingerprint density at radius 3 is 2.43 bits per heavy atom. The Kier molecular flexibility index (Phi) is 3.32. The first kappa shape index (κ1) is 11.7. The lowest BCUT2D eigenvalue weighted by Crippen LogP contribution is -2.26. The summed E-state index contributed by atoms with van der Waals surface area (Å²) in [4.78, 5) is 0. The monoisotopic (exact) mass is 259 g/mol. The normalized spacial score (nSPS) is 14.1. The van der Waals surface area contributed by atoms with E-state index in [0.29, 0.717) is 4.47 Å². The maximum atomic E-state index is 13.2. The van der Waals surface area contributed by atoms with Gasteiger partial charge in [-0.3, -0.25) is 0 Å². The summed E-state index contributed by atoms with van der Waals surface area (Å²) in [6.07, 6.45) is 0. The summed E-state index contributed by atoms with van der Waals surface area (Å²) in [6.45, 7) is 6.11. The molecule has 1 aromatic rings. The highest BCUT2D eigenvalue weighted by atomic mass is 79.9. The smallest absolute Gasteiger partial charge is 0.137 e. The molecule has 0 radical (unpaired) electrons. The Labute approximate surface area is 92.6 Å². The van der Waals surface area contributed by atoms with Gasteiger partial charge in [0, 0.05) is 6.04 Å². The Morgan fingerprint density at radius 2 is 1.93 bits per heavy atom. The lowest BCUT2D eigenvalue weighted by Gasteiger charge is -2.28. The van der Waals surface area contributed by atoms with Gasteiger partial charge in [0.2, 0.25) is 0 Å². The van der Waals surface area contributed by atoms with Gasteiger partial charge in [-0.15, -0.1) is 0 Å². The number of benzene rings is 1. The number of nitrogens with two attached hydrogens (primary N) is 1. The molecule has 0 amide bonds. The molecule has 14 heavy (non-hydrogen) atoms. The van der Waals surface area contributed by atoms with Gasteiger partial charge in [0.15, 0.2) is 0 Å². The van der Waals surface area contributed by atoms with Gasteiger partial charge in [-0.05, 0) is 33.0 Å². The minimum atomic E-state index is -0.262. The summed E-state index contributed by atoms with van der Waals surface area (Å²) in [5, 5.41) is 0. The van der Waals surface area contributed by atoms with Gasteiger partial charge in [0.05, 0.1) is 4.47 Å². The molecule has 0 bridgehead atoms. The number of hydrogen-bond acceptors (Lipinski definition) is 1. The molecule has 0 fully saturated rings. The number of halogens is 2. The number of rotatable bonds is 1. The zero-order valence-electron chi connectivity index (χ0n) is 8.64. The number of hydrogen-bond donors (Lipinski definition) is 1. The molecule has 1 nitrogen and oxygen atoms in total. The van der Waals surface area contributed by atoms with E-state index in [2.05, 4.69) is 15.9 Å². The van der Waals surface area contributed by atoms with Crippen molar-refractivity contribution in [1.29, 1.82) is 0 Å². The summed E-state index contributed by atoms with van der Waals surface area (Å²) >= 11 is 3.22. The van der Waals surface area contributed by atoms with Crippen molar-refractivity contribution < 1.29 is 4.39 Å². The van der Waals surface area contributed by atoms with Gasteiger partial charge < -0.3 is 5.73 Å². The van der Waals surface area contributed by atoms with Crippen molar-refractivity contribution in [2.24, 2.45) is 11.1 Å². The summed E-state index contributed by atoms with van der Waals surface area (Å²) in [6, 6.07) is 4.78. The first-order valence-corrected chi connectivity index (χ1v) is 5.33. The van der Waals surface area contributed by atoms with E-state index in [1.165, 1.54) is 6.07 Å². The Bertz CT molecular complexity index is 331. The first-order valence-electron chi connectivity index (χ1n) is 4.53. The third-order valence-electron chi connectivity index (χ3n) is 2.25. The van der Waals surface area contributed by atoms with Crippen molar-refractivity contribution in [1.82, 2.24) is 0 Å². The van der Waals surface area contributed by atoms with Gasteiger partial charge in [0.25, 0.3) is 0 Å². The second-order valence-corrected chi connectivity index (χ2v) is 5.28. The lowest BCUT2D eigenvalue weighted by atomic mass is 9.83. The second kappa shape index (κ2) is 3.99. The molecular formula is C11H15BrFN. The van der Waals surface area contributed by atoms with Crippen LogP contribution < -0.4 is 5.73 Å². The van der Waals surface area contributed by atoms with Gasteiger partial charge in [-0.25, -0.2) is 4.39 Å². The second-order valence-electron chi connectivity index (χ2n) is 4.49. The molecule has 2 N–H and O–H groups in total. The average Bonchev–Trinajstić information content (AvgIpc) is 2.07. The molecule has 1 rings (SSSR count). The Balaban J connectivity index is 3.14. The van der Waals surface area contributed by atoms with E-state index in [9.17, 15) is 4.39 Å². The van der Waals surface area contributed by atoms with Crippen LogP contribution in [0, 0.1) is 11.2 Å². The van der Waals surface area contributed by atoms with Crippen molar-refractivity contribution in [3.05, 3.63) is 34.1 Å². The Morgan fingerprint density at radius 1 is 1.36 bits per heavy atom. The minimum Gasteiger partial charge on any atom is -0.323 e. The zero-order valence-corrected chi connectivity index (χ0v) is 10.2. The van der Waals surface area contributed by atoms with Crippen molar-refractivity contribution in [3.63, 3.8) is 0 Å². The molecule has 0 spiro atoms. The van der Waals surface area contributed by atoms with Gasteiger partial charge in [0.1, 0.15) is 5.82 Å². The highest BCUT2D eigenvalue weighted by Gasteiger charge is 2.24. The summed E-state index contributed by atoms with van der Waals surface area (Å²) in [5.74, 6) is -0.262. The summed E-state index contributed by atoms with van der Waals surface area (Å²) in [5.41, 5.74) is 6.79. The predicted octanol–water partition coefficient (Wildman–Crippen LogP) is 3.63. The van der Waals surface area contributed by atoms with Gasteiger partial charge in [-0.1, -0.05) is 32.9 Å². The van der Waals surface area contributed by atoms with Crippen molar-refractivity contribution in [2.75, 3.05) is 0 Å². The first-order chi connectivity index (χ1) is 6.34. The molecule has 1 unspecified atom stereocenters. The minimum absolute atomic E-state index is 0.0731. The van der Waals surface area contributed by atoms with Crippen LogP contribution in [0.2, 0.25) is 0 Å². The third-order valence-corrected chi connectivity index (χ3v) is 3.09. The van der Waals surface area contributed by atoms with Crippen molar-refractivity contribution in [2.45, 2.75) is 26.8 Å². The molecular weight excluding hydrogens is 245 g/mol. The van der Waals surface area contributed by atoms with Crippen LogP contribution in [0.15, 0.2) is 22.7 Å². The molecule has 0 aromatic heterocycles. The van der Waals surface area contributed by atoms with E-state index in [4.69, 9.17) is 5.73 Å². The van der Waals surface area contributed by atoms with Crippen LogP contribution in [-0.4, -0.2) is 0 Å². The fourth-order valence-corrected chi connectivity index (χ4v) is 1.74. The van der Waals surface area contributed by atoms with E-state index in [1.807, 2.05) is 26.8 Å². The molecule has 0 aliphatic carbocycles. The van der Waals surface area contributed by atoms with E-state index < -0.39 is 0 Å². The Hall–Kier alpha value is -0.410. The van der Waals surface area contributed by atoms with E-state index in [0.717, 1.165) is 5.56 Å². The SMILES string of the molecule is CC(C)(C)C(N)c1cccc(F)c1Br. The molecule has 0 aliphatic rings. The van der Waals surface area contributed by atoms with Crippen LogP contribution in [-0.2, 0) is 0 Å². The maximum Gasteiger partial charge on any atom is 0.137 e. The fourth-order valence-electron chi connectivity index (χ4n) is 1.23. The van der Waals surface area contributed by atoms with Gasteiger partial charge in [-0.2, -0.15) is 0 Å². The van der Waals surface area contributed by atoms with Crippen molar-refractivity contribution >= 4 is 15.9 Å². The molecule has 0 saturated heterocycles. The van der Waals surface area contributed by atoms with Crippen LogP contribution in [0.1, 0.15) is 32.4 Å². The van der Waals surface area contributed by atoms with Crippen LogP contribution in [0.4, 0.5) is 4.39 Å². The van der Waals surface area contributed by atoms with Crippen LogP contribution >= 0.6 is 15.9 Å².